The molecule has 63 heavy (non-hydrogen) atoms. The summed E-state index contributed by atoms with van der Waals surface area (Å²) >= 11 is 1.80. The zero-order chi connectivity index (χ0) is 41.4. The highest BCUT2D eigenvalue weighted by Gasteiger charge is 2.27. The van der Waals surface area contributed by atoms with E-state index in [1.54, 1.807) is 11.3 Å². The minimum atomic E-state index is 0.648. The standard InChI is InChI=1S/C56H34N2O4S/c1-3-13-37-29-39(23-21-35(37)11-1)57(41-25-27-50-52(32-41)61-48-18-8-6-16-46(48)59-50)43-31-45(56-44-15-5-10-20-54(44)63-55(56)34-43)58(40-24-22-36-12-2-4-14-38(36)30-40)42-26-28-51-53(33-42)62-49-19-9-7-17-47(49)60-51/h1-34H. The average Bonchev–Trinajstić information content (AvgIpc) is 3.71. The van der Waals surface area contributed by atoms with Gasteiger partial charge in [0.2, 0.25) is 0 Å². The number of hydrogen-bond acceptors (Lipinski definition) is 7. The monoisotopic (exact) mass is 830 g/mol. The third-order valence-corrected chi connectivity index (χ3v) is 13.0. The van der Waals surface area contributed by atoms with Crippen LogP contribution in [-0.4, -0.2) is 0 Å². The number of anilines is 6. The number of benzene rings is 10. The smallest absolute Gasteiger partial charge is 0.172 e. The summed E-state index contributed by atoms with van der Waals surface area (Å²) in [5.74, 6) is 5.39. The number of para-hydroxylation sites is 4. The van der Waals surface area contributed by atoms with Gasteiger partial charge in [-0.3, -0.25) is 0 Å². The molecule has 2 aliphatic rings. The predicted octanol–water partition coefficient (Wildman–Crippen LogP) is 17.1. The molecule has 0 saturated carbocycles. The predicted molar refractivity (Wildman–Crippen MR) is 257 cm³/mol. The van der Waals surface area contributed by atoms with E-state index in [4.69, 9.17) is 18.9 Å². The molecule has 0 radical (unpaired) electrons. The summed E-state index contributed by atoms with van der Waals surface area (Å²) in [6, 6.07) is 71.7. The van der Waals surface area contributed by atoms with E-state index >= 15 is 0 Å². The first-order valence-corrected chi connectivity index (χ1v) is 21.7. The number of fused-ring (bicyclic) bond motifs is 9. The second-order valence-electron chi connectivity index (χ2n) is 15.7. The van der Waals surface area contributed by atoms with Gasteiger partial charge in [0.15, 0.2) is 46.0 Å². The molecule has 0 aliphatic carbocycles. The van der Waals surface area contributed by atoms with Crippen molar-refractivity contribution in [3.8, 4) is 46.0 Å². The van der Waals surface area contributed by atoms with Crippen molar-refractivity contribution in [1.29, 1.82) is 0 Å². The molecule has 0 saturated heterocycles. The summed E-state index contributed by atoms with van der Waals surface area (Å²) in [6.07, 6.45) is 0. The van der Waals surface area contributed by atoms with Crippen LogP contribution in [-0.2, 0) is 0 Å². The molecule has 0 N–H and O–H groups in total. The Hall–Kier alpha value is -8.26. The summed E-state index contributed by atoms with van der Waals surface area (Å²) < 4.78 is 28.1. The topological polar surface area (TPSA) is 43.4 Å². The highest BCUT2D eigenvalue weighted by Crippen LogP contribution is 2.53. The van der Waals surface area contributed by atoms with Gasteiger partial charge in [-0.2, -0.15) is 0 Å². The van der Waals surface area contributed by atoms with Gasteiger partial charge in [0.05, 0.1) is 17.1 Å². The molecular weight excluding hydrogens is 797 g/mol. The fourth-order valence-corrected chi connectivity index (χ4v) is 10.1. The molecule has 298 valence electrons. The molecule has 1 aromatic heterocycles. The summed E-state index contributed by atoms with van der Waals surface area (Å²) in [6.45, 7) is 0. The van der Waals surface area contributed by atoms with Gasteiger partial charge in [0.1, 0.15) is 0 Å². The highest BCUT2D eigenvalue weighted by molar-refractivity contribution is 7.26. The minimum absolute atomic E-state index is 0.648. The maximum absolute atomic E-state index is 6.55. The van der Waals surface area contributed by atoms with E-state index in [9.17, 15) is 0 Å². The normalized spacial score (nSPS) is 12.3. The first-order chi connectivity index (χ1) is 31.2. The molecule has 0 fully saturated rings. The number of nitrogens with zero attached hydrogens (tertiary/aromatic N) is 2. The van der Waals surface area contributed by atoms with Gasteiger partial charge < -0.3 is 28.7 Å². The number of hydrogen-bond donors (Lipinski definition) is 0. The number of ether oxygens (including phenoxy) is 4. The average molecular weight is 831 g/mol. The lowest BCUT2D eigenvalue weighted by Crippen LogP contribution is -2.14. The first-order valence-electron chi connectivity index (χ1n) is 20.9. The van der Waals surface area contributed by atoms with Crippen LogP contribution in [0.15, 0.2) is 206 Å². The molecule has 0 atom stereocenters. The fourth-order valence-electron chi connectivity index (χ4n) is 8.94. The van der Waals surface area contributed by atoms with Crippen molar-refractivity contribution in [2.45, 2.75) is 0 Å². The van der Waals surface area contributed by atoms with Gasteiger partial charge in [0.25, 0.3) is 0 Å². The van der Waals surface area contributed by atoms with Crippen LogP contribution in [0.5, 0.6) is 46.0 Å². The van der Waals surface area contributed by atoms with Crippen LogP contribution >= 0.6 is 11.3 Å². The molecule has 7 heteroatoms. The molecule has 3 heterocycles. The van der Waals surface area contributed by atoms with E-state index in [1.807, 2.05) is 60.7 Å². The van der Waals surface area contributed by atoms with Crippen molar-refractivity contribution in [2.75, 3.05) is 9.80 Å². The Balaban J connectivity index is 1.07. The van der Waals surface area contributed by atoms with Gasteiger partial charge >= 0.3 is 0 Å². The van der Waals surface area contributed by atoms with E-state index in [2.05, 4.69) is 155 Å². The van der Waals surface area contributed by atoms with Gasteiger partial charge in [-0.1, -0.05) is 103 Å². The Morgan fingerprint density at radius 1 is 0.286 bits per heavy atom. The summed E-state index contributed by atoms with van der Waals surface area (Å²) in [5, 5.41) is 6.97. The molecule has 10 aromatic carbocycles. The van der Waals surface area contributed by atoms with Gasteiger partial charge in [0, 0.05) is 49.4 Å². The summed E-state index contributed by atoms with van der Waals surface area (Å²) in [4.78, 5) is 4.68. The summed E-state index contributed by atoms with van der Waals surface area (Å²) in [5.41, 5.74) is 5.87. The number of rotatable bonds is 6. The van der Waals surface area contributed by atoms with Crippen molar-refractivity contribution < 1.29 is 18.9 Å². The Labute approximate surface area is 366 Å². The fraction of sp³-hybridized carbons (Fsp3) is 0. The van der Waals surface area contributed by atoms with Crippen molar-refractivity contribution in [3.05, 3.63) is 206 Å². The maximum Gasteiger partial charge on any atom is 0.172 e. The second-order valence-corrected chi connectivity index (χ2v) is 16.8. The highest BCUT2D eigenvalue weighted by atomic mass is 32.1. The van der Waals surface area contributed by atoms with Crippen LogP contribution in [0.1, 0.15) is 0 Å². The lowest BCUT2D eigenvalue weighted by Gasteiger charge is -2.31. The van der Waals surface area contributed by atoms with E-state index in [1.165, 1.54) is 20.9 Å². The Morgan fingerprint density at radius 3 is 1.30 bits per heavy atom. The van der Waals surface area contributed by atoms with E-state index in [0.717, 1.165) is 55.0 Å². The van der Waals surface area contributed by atoms with E-state index in [0.29, 0.717) is 46.0 Å². The quantitative estimate of drug-likeness (QED) is 0.166. The molecule has 6 nitrogen and oxygen atoms in total. The molecule has 13 rings (SSSR count). The van der Waals surface area contributed by atoms with Crippen molar-refractivity contribution in [1.82, 2.24) is 0 Å². The van der Waals surface area contributed by atoms with Crippen molar-refractivity contribution in [3.63, 3.8) is 0 Å². The minimum Gasteiger partial charge on any atom is -0.450 e. The zero-order valence-corrected chi connectivity index (χ0v) is 34.4. The Kier molecular flexibility index (Phi) is 7.98. The third-order valence-electron chi connectivity index (χ3n) is 11.9. The molecule has 2 aliphatic heterocycles. The summed E-state index contributed by atoms with van der Waals surface area (Å²) in [7, 11) is 0. The SMILES string of the molecule is c1ccc2c(c1)Oc1ccc(N(c3ccc4ccccc4c3)c3cc(N(c4ccc5c(c4)Oc4ccccc4O5)c4ccc5ccccc5c4)c4c(c3)sc3ccccc34)cc1O2. The molecule has 0 bridgehead atoms. The Morgan fingerprint density at radius 2 is 0.714 bits per heavy atom. The van der Waals surface area contributed by atoms with Crippen LogP contribution in [0.2, 0.25) is 0 Å². The zero-order valence-electron chi connectivity index (χ0n) is 33.6. The van der Waals surface area contributed by atoms with E-state index < -0.39 is 0 Å². The van der Waals surface area contributed by atoms with Crippen LogP contribution < -0.4 is 28.7 Å². The van der Waals surface area contributed by atoms with Crippen LogP contribution in [0.4, 0.5) is 34.1 Å². The van der Waals surface area contributed by atoms with Crippen molar-refractivity contribution >= 4 is 87.2 Å². The molecule has 0 unspecified atom stereocenters. The molecular formula is C56H34N2O4S. The van der Waals surface area contributed by atoms with Crippen LogP contribution in [0.25, 0.3) is 41.7 Å². The van der Waals surface area contributed by atoms with Gasteiger partial charge in [-0.15, -0.1) is 11.3 Å². The maximum atomic E-state index is 6.55. The lowest BCUT2D eigenvalue weighted by molar-refractivity contribution is 0.359. The van der Waals surface area contributed by atoms with Gasteiger partial charge in [-0.05, 0) is 113 Å². The Bertz CT molecular complexity index is 3640. The first kappa shape index (κ1) is 35.5. The largest absolute Gasteiger partial charge is 0.450 e. The molecule has 11 aromatic rings. The van der Waals surface area contributed by atoms with Gasteiger partial charge in [-0.25, -0.2) is 0 Å². The lowest BCUT2D eigenvalue weighted by atomic mass is 10.0. The molecule has 0 spiro atoms. The second kappa shape index (κ2) is 14.2. The number of thiophene rings is 1. The third kappa shape index (κ3) is 6.01. The van der Waals surface area contributed by atoms with E-state index in [-0.39, 0.29) is 0 Å². The van der Waals surface area contributed by atoms with Crippen LogP contribution in [0.3, 0.4) is 0 Å². The van der Waals surface area contributed by atoms with Crippen LogP contribution in [0, 0.1) is 0 Å². The molecule has 0 amide bonds. The van der Waals surface area contributed by atoms with Crippen molar-refractivity contribution in [2.24, 2.45) is 0 Å².